The molecule has 0 saturated heterocycles. The van der Waals surface area contributed by atoms with E-state index in [4.69, 9.17) is 18.3 Å². The predicted octanol–water partition coefficient (Wildman–Crippen LogP) is 14.6. The molecule has 0 radical (unpaired) electrons. The molecule has 10 rings (SSSR count). The number of phenolic OH excluding ortho intramolecular Hbond substituents is 2. The fraction of sp³-hybridized carbons (Fsp3) is 0.186. The number of aromatic hydroxyl groups is 2. The average Bonchev–Trinajstić information content (AvgIpc) is 3.37. The lowest BCUT2D eigenvalue weighted by atomic mass is 9.76. The summed E-state index contributed by atoms with van der Waals surface area (Å²) in [6.07, 6.45) is 7.02. The molecule has 3 aliphatic heterocycles. The summed E-state index contributed by atoms with van der Waals surface area (Å²) in [4.78, 5) is 0. The molecule has 3 heterocycles. The molecule has 0 aromatic heterocycles. The van der Waals surface area contributed by atoms with Crippen molar-refractivity contribution in [1.82, 2.24) is 0 Å². The number of benzene rings is 7. The van der Waals surface area contributed by atoms with E-state index in [1.54, 1.807) is 6.08 Å². The summed E-state index contributed by atoms with van der Waals surface area (Å²) in [7, 11) is -3.66. The minimum Gasteiger partial charge on any atom is -0.507 e. The highest BCUT2D eigenvalue weighted by Crippen LogP contribution is 2.56. The van der Waals surface area contributed by atoms with E-state index in [-0.39, 0.29) is 18.1 Å². The molecule has 3 aliphatic rings. The molecule has 3 atom stereocenters. The lowest BCUT2D eigenvalue weighted by Gasteiger charge is -2.33. The van der Waals surface area contributed by atoms with E-state index in [9.17, 15) is 10.2 Å². The van der Waals surface area contributed by atoms with Gasteiger partial charge in [-0.1, -0.05) is 174 Å². The molecule has 0 fully saturated rings. The molecule has 3 unspecified atom stereocenters. The second-order valence-electron chi connectivity index (χ2n) is 17.9. The number of rotatable bonds is 15. The molecular weight excluding hydrogens is 898 g/mol. The molecule has 0 saturated carbocycles. The van der Waals surface area contributed by atoms with E-state index in [2.05, 4.69) is 131 Å². The molecule has 7 aromatic carbocycles. The fourth-order valence-electron chi connectivity index (χ4n) is 9.46. The van der Waals surface area contributed by atoms with Crippen LogP contribution in [0.2, 0.25) is 0 Å². The van der Waals surface area contributed by atoms with Gasteiger partial charge >= 0.3 is 0 Å². The molecule has 0 aliphatic carbocycles. The number of hydrogen-bond donors (Lipinski definition) is 2. The van der Waals surface area contributed by atoms with E-state index >= 15 is 0 Å². The zero-order chi connectivity index (χ0) is 46.9. The fourth-order valence-corrected chi connectivity index (χ4v) is 15.5. The number of allylic oxidation sites excluding steroid dienone is 3. The highest BCUT2D eigenvalue weighted by Gasteiger charge is 2.35. The Bertz CT molecular complexity index is 3100. The van der Waals surface area contributed by atoms with E-state index < -0.39 is 29.9 Å². The van der Waals surface area contributed by atoms with Gasteiger partial charge in [0.1, 0.15) is 53.2 Å². The lowest BCUT2D eigenvalue weighted by Crippen LogP contribution is -2.22. The normalized spacial score (nSPS) is 16.7. The molecule has 6 nitrogen and oxygen atoms in total. The lowest BCUT2D eigenvalue weighted by molar-refractivity contribution is 0.116. The van der Waals surface area contributed by atoms with Gasteiger partial charge in [-0.25, -0.2) is 0 Å². The van der Waals surface area contributed by atoms with Crippen molar-refractivity contribution in [2.24, 2.45) is 0 Å². The van der Waals surface area contributed by atoms with Gasteiger partial charge in [0, 0.05) is 85.4 Å². The van der Waals surface area contributed by atoms with Gasteiger partial charge in [-0.05, 0) is 58.5 Å². The van der Waals surface area contributed by atoms with Crippen LogP contribution in [0.3, 0.4) is 0 Å². The maximum Gasteiger partial charge on any atom is 0.131 e. The summed E-state index contributed by atoms with van der Waals surface area (Å²) in [6.45, 7) is 15.7. The Balaban J connectivity index is 1.08. The van der Waals surface area contributed by atoms with E-state index in [1.165, 1.54) is 5.56 Å². The van der Waals surface area contributed by atoms with Crippen molar-refractivity contribution < 1.29 is 28.5 Å². The molecule has 7 aromatic rings. The number of para-hydroxylation sites is 2. The summed E-state index contributed by atoms with van der Waals surface area (Å²) in [5.41, 5.74) is 11.1. The number of fused-ring (bicyclic) bond motifs is 7. The Kier molecular flexibility index (Phi) is 13.2. The maximum atomic E-state index is 12.6. The van der Waals surface area contributed by atoms with Gasteiger partial charge in [0.15, 0.2) is 0 Å². The minimum atomic E-state index is -1.27. The van der Waals surface area contributed by atoms with Gasteiger partial charge in [0.05, 0.1) is 6.61 Å². The van der Waals surface area contributed by atoms with Crippen LogP contribution in [0.15, 0.2) is 177 Å². The van der Waals surface area contributed by atoms with Crippen molar-refractivity contribution in [3.63, 3.8) is 0 Å². The van der Waals surface area contributed by atoms with Gasteiger partial charge in [0.2, 0.25) is 0 Å². The summed E-state index contributed by atoms with van der Waals surface area (Å²) < 4.78 is 26.8. The standard InChI is InChI=1S/C59H55O6P3/c1-6-9-30-62-35-39-31-43(32-40(57(39)60)36-67-55-28-18-13-23-49(55)46-20-10-15-25-52(46)64-67)59(4,5)44-33-41(37-66-54-27-17-12-22-48(54)45(7-2)51(8-3)63-66)58(61)42(34-44)38-68-56-29-19-14-24-50(56)47-21-11-16-26-53(47)65-68/h7-8,10-29,31-34,60-61H,2-3,6,9,30,35-38H2,1,4-5H3. The van der Waals surface area contributed by atoms with Crippen molar-refractivity contribution in [2.75, 3.05) is 6.61 Å². The van der Waals surface area contributed by atoms with Crippen LogP contribution in [0.1, 0.15) is 72.6 Å². The number of phenols is 2. The van der Waals surface area contributed by atoms with Crippen molar-refractivity contribution >= 4 is 45.9 Å². The quantitative estimate of drug-likeness (QED) is 0.0788. The van der Waals surface area contributed by atoms with Crippen LogP contribution >= 0.6 is 24.4 Å². The van der Waals surface area contributed by atoms with E-state index in [0.717, 1.165) is 101 Å². The Morgan fingerprint density at radius 2 is 0.941 bits per heavy atom. The Labute approximate surface area is 404 Å². The van der Waals surface area contributed by atoms with Crippen molar-refractivity contribution in [2.45, 2.75) is 64.1 Å². The van der Waals surface area contributed by atoms with Gasteiger partial charge in [0.25, 0.3) is 0 Å². The third kappa shape index (κ3) is 8.70. The van der Waals surface area contributed by atoms with Crippen LogP contribution in [0.4, 0.5) is 0 Å². The van der Waals surface area contributed by atoms with Crippen molar-refractivity contribution in [1.29, 1.82) is 0 Å². The molecule has 0 bridgehead atoms. The molecule has 342 valence electrons. The van der Waals surface area contributed by atoms with E-state index in [1.807, 2.05) is 54.6 Å². The van der Waals surface area contributed by atoms with Crippen LogP contribution in [0, 0.1) is 0 Å². The van der Waals surface area contributed by atoms with Crippen LogP contribution < -0.4 is 25.0 Å². The first-order valence-electron chi connectivity index (χ1n) is 23.3. The molecule has 0 spiro atoms. The highest BCUT2D eigenvalue weighted by molar-refractivity contribution is 7.61. The summed E-state index contributed by atoms with van der Waals surface area (Å²) in [6, 6.07) is 50.3. The summed E-state index contributed by atoms with van der Waals surface area (Å²) in [5, 5.41) is 28.2. The Hall–Kier alpha value is -5.99. The first kappa shape index (κ1) is 45.8. The minimum absolute atomic E-state index is 0.243. The molecular formula is C59H55O6P3. The summed E-state index contributed by atoms with van der Waals surface area (Å²) in [5.74, 6) is 2.90. The monoisotopic (exact) mass is 952 g/mol. The molecule has 9 heteroatoms. The topological polar surface area (TPSA) is 77.4 Å². The van der Waals surface area contributed by atoms with Crippen molar-refractivity contribution in [3.8, 4) is 45.3 Å². The second-order valence-corrected chi connectivity index (χ2v) is 23.1. The smallest absolute Gasteiger partial charge is 0.131 e. The number of hydrogen-bond acceptors (Lipinski definition) is 6. The van der Waals surface area contributed by atoms with Crippen LogP contribution in [0.25, 0.3) is 27.8 Å². The SMILES string of the molecule is C=CC1=C(C=C)c2ccccc2P(Cc2cc(C(C)(C)c3cc(COCCCC)c(O)c(CP4Oc5ccccc5-c5ccccc54)c3)cc(CP3Oc4ccccc4-c4ccccc43)c2O)O1. The Morgan fingerprint density at radius 1 is 0.529 bits per heavy atom. The largest absolute Gasteiger partial charge is 0.507 e. The van der Waals surface area contributed by atoms with Crippen molar-refractivity contribution in [3.05, 3.63) is 216 Å². The molecule has 68 heavy (non-hydrogen) atoms. The molecule has 2 N–H and O–H groups in total. The zero-order valence-corrected chi connectivity index (χ0v) is 41.4. The van der Waals surface area contributed by atoms with E-state index in [0.29, 0.717) is 30.9 Å². The highest BCUT2D eigenvalue weighted by atomic mass is 31.1. The average molecular weight is 953 g/mol. The maximum absolute atomic E-state index is 12.6. The number of unbranched alkanes of at least 4 members (excludes halogenated alkanes) is 1. The first-order valence-corrected chi connectivity index (χ1v) is 27.6. The number of ether oxygens (including phenoxy) is 1. The van der Waals surface area contributed by atoms with Gasteiger partial charge in [-0.3, -0.25) is 0 Å². The first-order chi connectivity index (χ1) is 33.2. The third-order valence-electron chi connectivity index (χ3n) is 13.3. The molecule has 0 amide bonds. The second kappa shape index (κ2) is 19.6. The van der Waals surface area contributed by atoms with Crippen LogP contribution in [-0.2, 0) is 39.8 Å². The predicted molar refractivity (Wildman–Crippen MR) is 284 cm³/mol. The van der Waals surface area contributed by atoms with Gasteiger partial charge < -0.3 is 28.5 Å². The zero-order valence-electron chi connectivity index (χ0n) is 38.7. The van der Waals surface area contributed by atoms with Gasteiger partial charge in [-0.15, -0.1) is 0 Å². The Morgan fingerprint density at radius 3 is 1.43 bits per heavy atom. The summed E-state index contributed by atoms with van der Waals surface area (Å²) >= 11 is 0. The third-order valence-corrected chi connectivity index (χ3v) is 19.2. The van der Waals surface area contributed by atoms with Gasteiger partial charge in [-0.2, -0.15) is 0 Å². The van der Waals surface area contributed by atoms with Crippen LogP contribution in [0.5, 0.6) is 23.0 Å². The van der Waals surface area contributed by atoms with Crippen LogP contribution in [-0.4, -0.2) is 16.8 Å².